The van der Waals surface area contributed by atoms with Gasteiger partial charge in [-0.2, -0.15) is 4.57 Å². The van der Waals surface area contributed by atoms with Crippen LogP contribution >= 0.6 is 7.82 Å². The van der Waals surface area contributed by atoms with E-state index in [1.807, 2.05) is 57.2 Å². The summed E-state index contributed by atoms with van der Waals surface area (Å²) in [7, 11) is -3.93. The van der Waals surface area contributed by atoms with Gasteiger partial charge in [-0.25, -0.2) is 4.79 Å². The molecule has 168 valence electrons. The summed E-state index contributed by atoms with van der Waals surface area (Å²) in [6, 6.07) is 21.6. The van der Waals surface area contributed by atoms with Crippen LogP contribution in [0.25, 0.3) is 0 Å². The van der Waals surface area contributed by atoms with Crippen molar-refractivity contribution in [1.29, 1.82) is 0 Å². The minimum atomic E-state index is -3.93. The van der Waals surface area contributed by atoms with Crippen LogP contribution < -0.4 is 13.6 Å². The minimum Gasteiger partial charge on any atom is -0.478 e. The molecule has 0 amide bonds. The molecule has 1 N–H and O–H groups in total. The summed E-state index contributed by atoms with van der Waals surface area (Å²) in [5.41, 5.74) is 3.40. The van der Waals surface area contributed by atoms with E-state index in [9.17, 15) is 9.36 Å². The van der Waals surface area contributed by atoms with Gasteiger partial charge in [0.1, 0.15) is 17.2 Å². The zero-order valence-corrected chi connectivity index (χ0v) is 19.5. The Kier molecular flexibility index (Phi) is 8.68. The smallest absolute Gasteiger partial charge is 0.478 e. The lowest BCUT2D eigenvalue weighted by atomic mass is 10.2. The number of carboxylic acid groups (broad SMARTS) is 1. The Balaban J connectivity index is 0.000000534. The quantitative estimate of drug-likeness (QED) is 0.309. The molecule has 0 aliphatic heterocycles. The average Bonchev–Trinajstić information content (AvgIpc) is 2.73. The standard InChI is InChI=1S/C21H21O4P.C4H6O2/c1-16-4-10-19(11-5-16)23-26(22,24-20-12-6-17(2)7-13-20)25-21-14-8-18(3)9-15-21;1-3(2)4(5)6/h4-15H,1-3H3;1H2,2H3,(H,5,6). The van der Waals surface area contributed by atoms with Gasteiger partial charge in [-0.1, -0.05) is 59.7 Å². The number of hydrogen-bond acceptors (Lipinski definition) is 5. The van der Waals surface area contributed by atoms with Gasteiger partial charge in [0.15, 0.2) is 0 Å². The van der Waals surface area contributed by atoms with E-state index in [4.69, 9.17) is 18.7 Å². The Bertz CT molecular complexity index is 952. The molecule has 0 radical (unpaired) electrons. The van der Waals surface area contributed by atoms with Gasteiger partial charge in [0.25, 0.3) is 0 Å². The first kappa shape index (κ1) is 24.8. The van der Waals surface area contributed by atoms with Crippen molar-refractivity contribution in [2.24, 2.45) is 0 Å². The third-order valence-electron chi connectivity index (χ3n) is 4.08. The number of hydrogen-bond donors (Lipinski definition) is 1. The molecule has 0 fully saturated rings. The first-order valence-corrected chi connectivity index (χ1v) is 11.3. The molecule has 0 aliphatic rings. The Labute approximate surface area is 188 Å². The van der Waals surface area contributed by atoms with Gasteiger partial charge < -0.3 is 18.7 Å². The number of aliphatic carboxylic acids is 1. The van der Waals surface area contributed by atoms with Gasteiger partial charge in [0.05, 0.1) is 0 Å². The van der Waals surface area contributed by atoms with Crippen molar-refractivity contribution < 1.29 is 28.0 Å². The minimum absolute atomic E-state index is 0.176. The monoisotopic (exact) mass is 454 g/mol. The van der Waals surface area contributed by atoms with Crippen molar-refractivity contribution in [3.63, 3.8) is 0 Å². The Morgan fingerprint density at radius 2 is 0.906 bits per heavy atom. The van der Waals surface area contributed by atoms with Crippen LogP contribution in [0.15, 0.2) is 84.9 Å². The molecule has 0 aliphatic carbocycles. The zero-order chi connectivity index (χ0) is 23.7. The van der Waals surface area contributed by atoms with Gasteiger partial charge in [-0.05, 0) is 64.1 Å². The van der Waals surface area contributed by atoms with Gasteiger partial charge in [0.2, 0.25) is 0 Å². The van der Waals surface area contributed by atoms with E-state index in [0.29, 0.717) is 17.2 Å². The largest absolute Gasteiger partial charge is 0.647 e. The van der Waals surface area contributed by atoms with E-state index in [1.54, 1.807) is 36.4 Å². The second-order valence-electron chi connectivity index (χ2n) is 7.25. The van der Waals surface area contributed by atoms with Gasteiger partial charge in [0, 0.05) is 5.57 Å². The highest BCUT2D eigenvalue weighted by atomic mass is 31.2. The predicted molar refractivity (Wildman–Crippen MR) is 125 cm³/mol. The van der Waals surface area contributed by atoms with Crippen LogP contribution in [0.5, 0.6) is 17.2 Å². The molecule has 0 atom stereocenters. The number of phosphoric acid groups is 1. The molecule has 0 heterocycles. The first-order valence-electron chi connectivity index (χ1n) is 9.84. The van der Waals surface area contributed by atoms with Crippen molar-refractivity contribution in [3.05, 3.63) is 102 Å². The molecule has 3 aromatic carbocycles. The fraction of sp³-hybridized carbons (Fsp3) is 0.160. The van der Waals surface area contributed by atoms with E-state index in [0.717, 1.165) is 16.7 Å². The molecule has 0 aromatic heterocycles. The molecule has 0 saturated heterocycles. The maximum atomic E-state index is 13.3. The molecule has 32 heavy (non-hydrogen) atoms. The summed E-state index contributed by atoms with van der Waals surface area (Å²) < 4.78 is 30.2. The van der Waals surface area contributed by atoms with Crippen molar-refractivity contribution in [2.75, 3.05) is 0 Å². The predicted octanol–water partition coefficient (Wildman–Crippen LogP) is 6.90. The summed E-state index contributed by atoms with van der Waals surface area (Å²) in [6.45, 7) is 10.5. The number of carbonyl (C=O) groups is 1. The number of aryl methyl sites for hydroxylation is 3. The normalized spacial score (nSPS) is 10.4. The van der Waals surface area contributed by atoms with Gasteiger partial charge >= 0.3 is 13.8 Å². The number of phosphoric ester groups is 1. The van der Waals surface area contributed by atoms with E-state index in [-0.39, 0.29) is 5.57 Å². The molecule has 0 saturated carbocycles. The van der Waals surface area contributed by atoms with E-state index in [2.05, 4.69) is 6.58 Å². The second-order valence-corrected chi connectivity index (χ2v) is 8.69. The maximum absolute atomic E-state index is 13.3. The molecule has 0 unspecified atom stereocenters. The Hall–Kier alpha value is -3.50. The highest BCUT2D eigenvalue weighted by Crippen LogP contribution is 2.49. The molecule has 3 rings (SSSR count). The van der Waals surface area contributed by atoms with Crippen LogP contribution in [0.1, 0.15) is 23.6 Å². The van der Waals surface area contributed by atoms with E-state index >= 15 is 0 Å². The highest BCUT2D eigenvalue weighted by Gasteiger charge is 2.33. The Morgan fingerprint density at radius 3 is 1.09 bits per heavy atom. The highest BCUT2D eigenvalue weighted by molar-refractivity contribution is 7.49. The van der Waals surface area contributed by atoms with Crippen LogP contribution in [0.4, 0.5) is 0 Å². The third-order valence-corrected chi connectivity index (χ3v) is 5.38. The molecule has 7 heteroatoms. The number of benzene rings is 3. The van der Waals surface area contributed by atoms with E-state index < -0.39 is 13.8 Å². The molecule has 6 nitrogen and oxygen atoms in total. The first-order chi connectivity index (χ1) is 15.1. The van der Waals surface area contributed by atoms with Gasteiger partial charge in [-0.3, -0.25) is 0 Å². The van der Waals surface area contributed by atoms with E-state index in [1.165, 1.54) is 6.92 Å². The topological polar surface area (TPSA) is 82.1 Å². The summed E-state index contributed by atoms with van der Waals surface area (Å²) in [6.07, 6.45) is 0. The fourth-order valence-electron chi connectivity index (χ4n) is 2.24. The molecule has 0 bridgehead atoms. The van der Waals surface area contributed by atoms with Crippen molar-refractivity contribution in [3.8, 4) is 17.2 Å². The molecule has 0 spiro atoms. The van der Waals surface area contributed by atoms with Crippen LogP contribution in [-0.2, 0) is 9.36 Å². The summed E-state index contributed by atoms with van der Waals surface area (Å²) >= 11 is 0. The van der Waals surface area contributed by atoms with Crippen molar-refractivity contribution in [1.82, 2.24) is 0 Å². The molecule has 3 aromatic rings. The van der Waals surface area contributed by atoms with Crippen LogP contribution in [-0.4, -0.2) is 11.1 Å². The van der Waals surface area contributed by atoms with Gasteiger partial charge in [-0.15, -0.1) is 0 Å². The molecular formula is C25H27O6P. The average molecular weight is 454 g/mol. The summed E-state index contributed by atoms with van der Waals surface area (Å²) in [4.78, 5) is 9.60. The number of carboxylic acids is 1. The lowest BCUT2D eigenvalue weighted by molar-refractivity contribution is -0.132. The van der Waals surface area contributed by atoms with Crippen molar-refractivity contribution >= 4 is 13.8 Å². The third kappa shape index (κ3) is 8.32. The lowest BCUT2D eigenvalue weighted by Crippen LogP contribution is -2.07. The van der Waals surface area contributed by atoms with Crippen LogP contribution in [0.2, 0.25) is 0 Å². The van der Waals surface area contributed by atoms with Crippen LogP contribution in [0, 0.1) is 20.8 Å². The summed E-state index contributed by atoms with van der Waals surface area (Å²) in [5, 5.41) is 7.89. The lowest BCUT2D eigenvalue weighted by Gasteiger charge is -2.19. The second kappa shape index (κ2) is 11.2. The Morgan fingerprint density at radius 1 is 0.688 bits per heavy atom. The zero-order valence-electron chi connectivity index (χ0n) is 18.6. The molecular weight excluding hydrogens is 427 g/mol. The van der Waals surface area contributed by atoms with Crippen LogP contribution in [0.3, 0.4) is 0 Å². The maximum Gasteiger partial charge on any atom is 0.647 e. The SMILES string of the molecule is C=C(C)C(=O)O.Cc1ccc(OP(=O)(Oc2ccc(C)cc2)Oc2ccc(C)cc2)cc1. The number of rotatable bonds is 7. The fourth-order valence-corrected chi connectivity index (χ4v) is 3.49. The van der Waals surface area contributed by atoms with Crippen molar-refractivity contribution in [2.45, 2.75) is 27.7 Å². The summed E-state index contributed by atoms with van der Waals surface area (Å²) in [5.74, 6) is 0.310.